The van der Waals surface area contributed by atoms with Gasteiger partial charge < -0.3 is 10.2 Å². The van der Waals surface area contributed by atoms with Crippen LogP contribution in [0.3, 0.4) is 0 Å². The predicted molar refractivity (Wildman–Crippen MR) is 166 cm³/mol. The van der Waals surface area contributed by atoms with Crippen molar-refractivity contribution in [2.75, 3.05) is 17.4 Å². The molecule has 0 unspecified atom stereocenters. The van der Waals surface area contributed by atoms with Gasteiger partial charge in [-0.3, -0.25) is 13.9 Å². The molecular formula is C34H36FN3O4S. The van der Waals surface area contributed by atoms with E-state index in [9.17, 15) is 22.4 Å². The zero-order chi connectivity index (χ0) is 30.8. The Morgan fingerprint density at radius 2 is 1.30 bits per heavy atom. The number of anilines is 1. The van der Waals surface area contributed by atoms with Gasteiger partial charge in [0.05, 0.1) is 10.6 Å². The Bertz CT molecular complexity index is 1580. The van der Waals surface area contributed by atoms with E-state index in [-0.39, 0.29) is 35.4 Å². The summed E-state index contributed by atoms with van der Waals surface area (Å²) < 4.78 is 42.6. The Labute approximate surface area is 253 Å². The summed E-state index contributed by atoms with van der Waals surface area (Å²) in [5.74, 6) is -1.26. The molecule has 1 N–H and O–H groups in total. The van der Waals surface area contributed by atoms with Gasteiger partial charge in [-0.2, -0.15) is 0 Å². The average Bonchev–Trinajstić information content (AvgIpc) is 3.02. The van der Waals surface area contributed by atoms with Crippen molar-refractivity contribution in [2.24, 2.45) is 5.92 Å². The fourth-order valence-electron chi connectivity index (χ4n) is 4.61. The lowest BCUT2D eigenvalue weighted by atomic mass is 10.0. The van der Waals surface area contributed by atoms with Crippen molar-refractivity contribution in [3.8, 4) is 0 Å². The van der Waals surface area contributed by atoms with Crippen molar-refractivity contribution >= 4 is 27.5 Å². The van der Waals surface area contributed by atoms with Crippen molar-refractivity contribution in [2.45, 2.75) is 37.8 Å². The maximum Gasteiger partial charge on any atom is 0.264 e. The minimum atomic E-state index is -4.23. The number of nitrogens with zero attached hydrogens (tertiary/aromatic N) is 2. The summed E-state index contributed by atoms with van der Waals surface area (Å²) in [5.41, 5.74) is 1.76. The minimum Gasteiger partial charge on any atom is -0.354 e. The lowest BCUT2D eigenvalue weighted by molar-refractivity contribution is -0.140. The summed E-state index contributed by atoms with van der Waals surface area (Å²) in [7, 11) is -4.23. The quantitative estimate of drug-likeness (QED) is 0.221. The van der Waals surface area contributed by atoms with E-state index < -0.39 is 34.3 Å². The van der Waals surface area contributed by atoms with Gasteiger partial charge in [-0.25, -0.2) is 12.8 Å². The van der Waals surface area contributed by atoms with Crippen molar-refractivity contribution < 1.29 is 22.4 Å². The molecule has 0 spiro atoms. The molecule has 0 saturated carbocycles. The molecular weight excluding hydrogens is 565 g/mol. The minimum absolute atomic E-state index is 0.0164. The molecule has 0 bridgehead atoms. The summed E-state index contributed by atoms with van der Waals surface area (Å²) in [6, 6.07) is 30.4. The average molecular weight is 602 g/mol. The highest BCUT2D eigenvalue weighted by atomic mass is 32.2. The number of rotatable bonds is 13. The molecule has 0 aliphatic carbocycles. The third-order valence-corrected chi connectivity index (χ3v) is 8.66. The molecule has 2 amide bonds. The molecule has 7 nitrogen and oxygen atoms in total. The van der Waals surface area contributed by atoms with E-state index >= 15 is 0 Å². The number of hydrogen-bond donors (Lipinski definition) is 1. The second-order valence-corrected chi connectivity index (χ2v) is 12.5. The van der Waals surface area contributed by atoms with Gasteiger partial charge in [-0.05, 0) is 53.4 Å². The van der Waals surface area contributed by atoms with E-state index in [1.165, 1.54) is 29.2 Å². The van der Waals surface area contributed by atoms with Crippen LogP contribution in [0.15, 0.2) is 120 Å². The van der Waals surface area contributed by atoms with Crippen molar-refractivity contribution in [1.82, 2.24) is 10.2 Å². The Balaban J connectivity index is 1.77. The summed E-state index contributed by atoms with van der Waals surface area (Å²) in [6.45, 7) is 3.86. The molecule has 0 aromatic heterocycles. The molecule has 0 fully saturated rings. The van der Waals surface area contributed by atoms with E-state index in [4.69, 9.17) is 0 Å². The Morgan fingerprint density at radius 3 is 1.86 bits per heavy atom. The molecule has 0 heterocycles. The van der Waals surface area contributed by atoms with Crippen LogP contribution in [0.25, 0.3) is 0 Å². The van der Waals surface area contributed by atoms with Crippen molar-refractivity contribution in [3.63, 3.8) is 0 Å². The SMILES string of the molecule is CC(C)CNC(=O)[C@H](Cc1ccccc1)N(Cc1ccccc1)C(=O)CN(c1ccc(F)cc1)S(=O)(=O)c1ccccc1. The first-order valence-electron chi connectivity index (χ1n) is 14.1. The van der Waals surface area contributed by atoms with E-state index in [0.29, 0.717) is 6.54 Å². The monoisotopic (exact) mass is 601 g/mol. The van der Waals surface area contributed by atoms with Crippen LogP contribution in [0.1, 0.15) is 25.0 Å². The summed E-state index contributed by atoms with van der Waals surface area (Å²) >= 11 is 0. The van der Waals surface area contributed by atoms with Gasteiger partial charge in [0.1, 0.15) is 18.4 Å². The third-order valence-electron chi connectivity index (χ3n) is 6.88. The maximum atomic E-state index is 14.3. The fourth-order valence-corrected chi connectivity index (χ4v) is 6.05. The number of carbonyl (C=O) groups is 2. The second-order valence-electron chi connectivity index (χ2n) is 10.7. The molecule has 1 atom stereocenters. The van der Waals surface area contributed by atoms with Gasteiger partial charge in [0.2, 0.25) is 11.8 Å². The molecule has 43 heavy (non-hydrogen) atoms. The molecule has 0 radical (unpaired) electrons. The standard InChI is InChI=1S/C34H36FN3O4S/c1-26(2)23-36-34(40)32(22-27-12-6-3-7-13-27)37(24-28-14-8-4-9-15-28)33(39)25-38(30-20-18-29(35)19-21-30)43(41,42)31-16-10-5-11-17-31/h3-21,26,32H,22-25H2,1-2H3,(H,36,40)/t32-/m0/s1. The first-order chi connectivity index (χ1) is 20.6. The molecule has 9 heteroatoms. The molecule has 4 rings (SSSR count). The zero-order valence-corrected chi connectivity index (χ0v) is 25.1. The first kappa shape index (κ1) is 31.4. The van der Waals surface area contributed by atoms with Crippen LogP contribution in [-0.2, 0) is 32.6 Å². The summed E-state index contributed by atoms with van der Waals surface area (Å²) in [5, 5.41) is 2.96. The molecule has 224 valence electrons. The number of halogens is 1. The number of carbonyl (C=O) groups excluding carboxylic acids is 2. The van der Waals surface area contributed by atoms with Crippen LogP contribution < -0.4 is 9.62 Å². The molecule has 0 aliphatic heterocycles. The van der Waals surface area contributed by atoms with E-state index in [0.717, 1.165) is 27.6 Å². The highest BCUT2D eigenvalue weighted by molar-refractivity contribution is 7.92. The van der Waals surface area contributed by atoms with Crippen molar-refractivity contribution in [1.29, 1.82) is 0 Å². The first-order valence-corrected chi connectivity index (χ1v) is 15.6. The molecule has 0 aliphatic rings. The van der Waals surface area contributed by atoms with Crippen LogP contribution in [0.4, 0.5) is 10.1 Å². The van der Waals surface area contributed by atoms with E-state index in [2.05, 4.69) is 5.32 Å². The van der Waals surface area contributed by atoms with Crippen LogP contribution in [0.2, 0.25) is 0 Å². The normalized spacial score (nSPS) is 12.0. The highest BCUT2D eigenvalue weighted by Crippen LogP contribution is 2.25. The van der Waals surface area contributed by atoms with Crippen LogP contribution in [-0.4, -0.2) is 44.3 Å². The number of hydrogen-bond acceptors (Lipinski definition) is 4. The Hall–Kier alpha value is -4.50. The van der Waals surface area contributed by atoms with Gasteiger partial charge >= 0.3 is 0 Å². The summed E-state index contributed by atoms with van der Waals surface area (Å²) in [6.07, 6.45) is 0.228. The van der Waals surface area contributed by atoms with Crippen LogP contribution >= 0.6 is 0 Å². The van der Waals surface area contributed by atoms with Crippen LogP contribution in [0, 0.1) is 11.7 Å². The maximum absolute atomic E-state index is 14.3. The second kappa shape index (κ2) is 14.6. The van der Waals surface area contributed by atoms with Gasteiger partial charge in [0.15, 0.2) is 0 Å². The lowest BCUT2D eigenvalue weighted by Gasteiger charge is -2.34. The van der Waals surface area contributed by atoms with Gasteiger partial charge in [-0.15, -0.1) is 0 Å². The van der Waals surface area contributed by atoms with E-state index in [1.54, 1.807) is 18.2 Å². The lowest BCUT2D eigenvalue weighted by Crippen LogP contribution is -2.53. The molecule has 4 aromatic rings. The smallest absolute Gasteiger partial charge is 0.264 e. The number of amides is 2. The van der Waals surface area contributed by atoms with Crippen LogP contribution in [0.5, 0.6) is 0 Å². The molecule has 4 aromatic carbocycles. The topological polar surface area (TPSA) is 86.8 Å². The summed E-state index contributed by atoms with van der Waals surface area (Å²) in [4.78, 5) is 29.5. The number of nitrogens with one attached hydrogen (secondary N) is 1. The van der Waals surface area contributed by atoms with Crippen molar-refractivity contribution in [3.05, 3.63) is 132 Å². The Morgan fingerprint density at radius 1 is 0.767 bits per heavy atom. The largest absolute Gasteiger partial charge is 0.354 e. The predicted octanol–water partition coefficient (Wildman–Crippen LogP) is 5.43. The fraction of sp³-hybridized carbons (Fsp3) is 0.235. The third kappa shape index (κ3) is 8.51. The molecule has 0 saturated heterocycles. The van der Waals surface area contributed by atoms with Gasteiger partial charge in [0.25, 0.3) is 10.0 Å². The Kier molecular flexibility index (Phi) is 10.7. The zero-order valence-electron chi connectivity index (χ0n) is 24.3. The number of benzene rings is 4. The van der Waals surface area contributed by atoms with E-state index in [1.807, 2.05) is 74.5 Å². The van der Waals surface area contributed by atoms with Gasteiger partial charge in [-0.1, -0.05) is 92.7 Å². The number of sulfonamides is 1. The highest BCUT2D eigenvalue weighted by Gasteiger charge is 2.34. The van der Waals surface area contributed by atoms with Gasteiger partial charge in [0, 0.05) is 19.5 Å².